The van der Waals surface area contributed by atoms with Gasteiger partial charge in [0.2, 0.25) is 0 Å². The van der Waals surface area contributed by atoms with Crippen molar-refractivity contribution in [1.29, 1.82) is 0 Å². The molecule has 0 saturated heterocycles. The lowest BCUT2D eigenvalue weighted by Crippen LogP contribution is -2.48. The molecule has 0 fully saturated rings. The summed E-state index contributed by atoms with van der Waals surface area (Å²) in [7, 11) is -4.13. The summed E-state index contributed by atoms with van der Waals surface area (Å²) in [5, 5.41) is 2.42. The van der Waals surface area contributed by atoms with Crippen molar-refractivity contribution in [2.75, 3.05) is 5.73 Å². The Morgan fingerprint density at radius 2 is 1.89 bits per heavy atom. The molecule has 2 amide bonds. The first-order chi connectivity index (χ1) is 8.51. The number of hydrogen-bond donors (Lipinski definition) is 3. The first kappa shape index (κ1) is 15.2. The van der Waals surface area contributed by atoms with Gasteiger partial charge in [-0.3, -0.25) is 0 Å². The lowest BCUT2D eigenvalue weighted by Gasteiger charge is -2.20. The van der Waals surface area contributed by atoms with Gasteiger partial charge in [0.1, 0.15) is 5.82 Å². The molecule has 6 nitrogen and oxygen atoms in total. The Hall–Kier alpha value is -1.83. The summed E-state index contributed by atoms with van der Waals surface area (Å²) >= 11 is 0. The van der Waals surface area contributed by atoms with Crippen LogP contribution in [0, 0.1) is 5.82 Å². The van der Waals surface area contributed by atoms with Crippen molar-refractivity contribution in [2.24, 2.45) is 0 Å². The lowest BCUT2D eigenvalue weighted by atomic mass is 10.1. The number of urea groups is 1. The molecule has 1 rings (SSSR count). The van der Waals surface area contributed by atoms with E-state index in [0.717, 1.165) is 18.2 Å². The summed E-state index contributed by atoms with van der Waals surface area (Å²) in [5.74, 6) is -0.862. The summed E-state index contributed by atoms with van der Waals surface area (Å²) in [5.41, 5.74) is 4.49. The Kier molecular flexibility index (Phi) is 4.04. The van der Waals surface area contributed by atoms with Gasteiger partial charge in [0.05, 0.1) is 10.6 Å². The third-order valence-electron chi connectivity index (χ3n) is 2.00. The van der Waals surface area contributed by atoms with Crippen molar-refractivity contribution in [1.82, 2.24) is 10.0 Å². The fourth-order valence-electron chi connectivity index (χ4n) is 1.22. The highest BCUT2D eigenvalue weighted by Crippen LogP contribution is 2.16. The van der Waals surface area contributed by atoms with E-state index in [1.54, 1.807) is 25.5 Å². The molecule has 0 atom stereocenters. The molecule has 0 heterocycles. The van der Waals surface area contributed by atoms with Crippen LogP contribution in [-0.4, -0.2) is 20.0 Å². The second kappa shape index (κ2) is 5.04. The largest absolute Gasteiger partial charge is 0.396 e. The number of amides is 2. The van der Waals surface area contributed by atoms with Crippen molar-refractivity contribution < 1.29 is 17.6 Å². The topological polar surface area (TPSA) is 101 Å². The molecule has 0 bridgehead atoms. The zero-order valence-electron chi connectivity index (χ0n) is 10.8. The molecule has 1 aromatic carbocycles. The van der Waals surface area contributed by atoms with Crippen LogP contribution in [0.25, 0.3) is 0 Å². The minimum absolute atomic E-state index is 0.168. The highest BCUT2D eigenvalue weighted by Gasteiger charge is 2.21. The third-order valence-corrected chi connectivity index (χ3v) is 3.33. The Morgan fingerprint density at radius 1 is 1.32 bits per heavy atom. The molecule has 0 aromatic heterocycles. The molecule has 0 spiro atoms. The molecule has 106 valence electrons. The predicted molar refractivity (Wildman–Crippen MR) is 69.4 cm³/mol. The second-order valence-electron chi connectivity index (χ2n) is 4.99. The number of nitrogen functional groups attached to an aromatic ring is 1. The number of rotatable bonds is 2. The summed E-state index contributed by atoms with van der Waals surface area (Å²) in [4.78, 5) is 11.1. The average molecular weight is 289 g/mol. The zero-order valence-corrected chi connectivity index (χ0v) is 11.6. The van der Waals surface area contributed by atoms with Crippen molar-refractivity contribution in [3.05, 3.63) is 24.0 Å². The molecule has 0 radical (unpaired) electrons. The van der Waals surface area contributed by atoms with Gasteiger partial charge in [0.25, 0.3) is 10.0 Å². The molecule has 8 heteroatoms. The van der Waals surface area contributed by atoms with E-state index < -0.39 is 27.4 Å². The van der Waals surface area contributed by atoms with Crippen LogP contribution in [0.3, 0.4) is 0 Å². The SMILES string of the molecule is CC(C)(C)NC(=O)NS(=O)(=O)c1ccc(N)c(F)c1. The van der Waals surface area contributed by atoms with Crippen molar-refractivity contribution in [3.8, 4) is 0 Å². The van der Waals surface area contributed by atoms with Crippen molar-refractivity contribution >= 4 is 21.7 Å². The maximum atomic E-state index is 13.2. The number of anilines is 1. The summed E-state index contributed by atoms with van der Waals surface area (Å²) < 4.78 is 38.6. The van der Waals surface area contributed by atoms with Crippen LogP contribution in [0.4, 0.5) is 14.9 Å². The van der Waals surface area contributed by atoms with Crippen molar-refractivity contribution in [3.63, 3.8) is 0 Å². The molecule has 1 aromatic rings. The highest BCUT2D eigenvalue weighted by molar-refractivity contribution is 7.90. The van der Waals surface area contributed by atoms with Crippen LogP contribution in [-0.2, 0) is 10.0 Å². The van der Waals surface area contributed by atoms with Crippen LogP contribution in [0.2, 0.25) is 0 Å². The van der Waals surface area contributed by atoms with Crippen LogP contribution in [0.15, 0.2) is 23.1 Å². The molecular weight excluding hydrogens is 273 g/mol. The van der Waals surface area contributed by atoms with Gasteiger partial charge in [-0.1, -0.05) is 0 Å². The van der Waals surface area contributed by atoms with Gasteiger partial charge in [-0.15, -0.1) is 0 Å². The van der Waals surface area contributed by atoms with Gasteiger partial charge in [-0.05, 0) is 39.0 Å². The molecule has 0 unspecified atom stereocenters. The van der Waals surface area contributed by atoms with Gasteiger partial charge in [-0.2, -0.15) is 0 Å². The Morgan fingerprint density at radius 3 is 2.37 bits per heavy atom. The average Bonchev–Trinajstić information content (AvgIpc) is 2.17. The second-order valence-corrected chi connectivity index (χ2v) is 6.68. The first-order valence-corrected chi connectivity index (χ1v) is 6.89. The fraction of sp³-hybridized carbons (Fsp3) is 0.364. The number of benzene rings is 1. The monoisotopic (exact) mass is 289 g/mol. The van der Waals surface area contributed by atoms with E-state index in [1.807, 2.05) is 0 Å². The Balaban J connectivity index is 2.93. The molecule has 0 aliphatic carbocycles. The van der Waals surface area contributed by atoms with E-state index in [-0.39, 0.29) is 10.6 Å². The van der Waals surface area contributed by atoms with Gasteiger partial charge < -0.3 is 11.1 Å². The van der Waals surface area contributed by atoms with Gasteiger partial charge >= 0.3 is 6.03 Å². The molecule has 19 heavy (non-hydrogen) atoms. The fourth-order valence-corrected chi connectivity index (χ4v) is 2.14. The van der Waals surface area contributed by atoms with Crippen LogP contribution >= 0.6 is 0 Å². The number of halogens is 1. The lowest BCUT2D eigenvalue weighted by molar-refractivity contribution is 0.237. The number of carbonyl (C=O) groups excluding carboxylic acids is 1. The van der Waals surface area contributed by atoms with Crippen LogP contribution in [0.5, 0.6) is 0 Å². The van der Waals surface area contributed by atoms with E-state index in [0.29, 0.717) is 0 Å². The van der Waals surface area contributed by atoms with Gasteiger partial charge in [0, 0.05) is 5.54 Å². The van der Waals surface area contributed by atoms with E-state index >= 15 is 0 Å². The molecule has 0 saturated carbocycles. The minimum atomic E-state index is -4.13. The third kappa shape index (κ3) is 4.40. The van der Waals surface area contributed by atoms with Gasteiger partial charge in [0.15, 0.2) is 0 Å². The Bertz CT molecular complexity index is 594. The molecule has 4 N–H and O–H groups in total. The number of hydrogen-bond acceptors (Lipinski definition) is 4. The summed E-state index contributed by atoms with van der Waals surface area (Å²) in [6.07, 6.45) is 0. The van der Waals surface area contributed by atoms with Crippen LogP contribution < -0.4 is 15.8 Å². The van der Waals surface area contributed by atoms with E-state index in [9.17, 15) is 17.6 Å². The molecule has 0 aliphatic heterocycles. The molecular formula is C11H16FN3O3S. The maximum Gasteiger partial charge on any atom is 0.329 e. The van der Waals surface area contributed by atoms with E-state index in [4.69, 9.17) is 5.73 Å². The van der Waals surface area contributed by atoms with E-state index in [2.05, 4.69) is 5.32 Å². The summed E-state index contributed by atoms with van der Waals surface area (Å²) in [6.45, 7) is 5.09. The first-order valence-electron chi connectivity index (χ1n) is 5.41. The number of carbonyl (C=O) groups is 1. The number of sulfonamides is 1. The standard InChI is InChI=1S/C11H16FN3O3S/c1-11(2,3)14-10(16)15-19(17,18)7-4-5-9(13)8(12)6-7/h4-6H,13H2,1-3H3,(H2,14,15,16). The maximum absolute atomic E-state index is 13.2. The van der Waals surface area contributed by atoms with Gasteiger partial charge in [-0.25, -0.2) is 22.3 Å². The number of nitrogens with one attached hydrogen (secondary N) is 2. The normalized spacial score (nSPS) is 12.0. The minimum Gasteiger partial charge on any atom is -0.396 e. The van der Waals surface area contributed by atoms with Crippen molar-refractivity contribution in [2.45, 2.75) is 31.2 Å². The smallest absolute Gasteiger partial charge is 0.329 e. The summed E-state index contributed by atoms with van der Waals surface area (Å²) in [6, 6.07) is 2.10. The zero-order chi connectivity index (χ0) is 14.8. The highest BCUT2D eigenvalue weighted by atomic mass is 32.2. The number of nitrogens with two attached hydrogens (primary N) is 1. The predicted octanol–water partition coefficient (Wildman–Crippen LogP) is 1.19. The Labute approximate surface area is 111 Å². The quantitative estimate of drug-likeness (QED) is 0.712. The van der Waals surface area contributed by atoms with E-state index in [1.165, 1.54) is 0 Å². The van der Waals surface area contributed by atoms with Crippen LogP contribution in [0.1, 0.15) is 20.8 Å². The molecule has 0 aliphatic rings.